The normalized spacial score (nSPS) is 10.6. The predicted octanol–water partition coefficient (Wildman–Crippen LogP) is 2.93. The molecule has 24 heavy (non-hydrogen) atoms. The van der Waals surface area contributed by atoms with E-state index in [1.54, 1.807) is 30.3 Å². The van der Waals surface area contributed by atoms with E-state index in [0.29, 0.717) is 16.7 Å². The Hall–Kier alpha value is -3.13. The van der Waals surface area contributed by atoms with Crippen LogP contribution < -0.4 is 10.9 Å². The zero-order chi connectivity index (χ0) is 17.7. The second-order valence-corrected chi connectivity index (χ2v) is 6.43. The molecule has 2 aromatic rings. The van der Waals surface area contributed by atoms with Gasteiger partial charge in [-0.1, -0.05) is 39.0 Å². The van der Waals surface area contributed by atoms with Crippen LogP contribution in [0.15, 0.2) is 48.5 Å². The minimum absolute atomic E-state index is 0.00891. The lowest BCUT2D eigenvalue weighted by Gasteiger charge is -2.19. The lowest BCUT2D eigenvalue weighted by molar-refractivity contribution is 0.0846. The van der Waals surface area contributed by atoms with Crippen LogP contribution in [0.5, 0.6) is 0 Å². The summed E-state index contributed by atoms with van der Waals surface area (Å²) in [6.45, 7) is 6.28. The van der Waals surface area contributed by atoms with E-state index < -0.39 is 11.8 Å². The highest BCUT2D eigenvalue weighted by Gasteiger charge is 2.14. The summed E-state index contributed by atoms with van der Waals surface area (Å²) >= 11 is 0. The van der Waals surface area contributed by atoms with E-state index in [2.05, 4.69) is 31.6 Å². The number of amides is 2. The number of carbonyl (C=O) groups is 2. The molecule has 0 aliphatic carbocycles. The highest BCUT2D eigenvalue weighted by Crippen LogP contribution is 2.22. The van der Waals surface area contributed by atoms with Crippen LogP contribution in [-0.2, 0) is 5.41 Å². The molecule has 2 aromatic carbocycles. The number of nitrogens with one attached hydrogen (secondary N) is 2. The lowest BCUT2D eigenvalue weighted by atomic mass is 9.87. The Kier molecular flexibility index (Phi) is 5.00. The van der Waals surface area contributed by atoms with E-state index in [0.717, 1.165) is 5.56 Å². The van der Waals surface area contributed by atoms with Crippen LogP contribution in [0.3, 0.4) is 0 Å². The Morgan fingerprint density at radius 2 is 1.50 bits per heavy atom. The monoisotopic (exact) mass is 321 g/mol. The summed E-state index contributed by atoms with van der Waals surface area (Å²) in [5.74, 6) is -0.882. The largest absolute Gasteiger partial charge is 0.269 e. The van der Waals surface area contributed by atoms with Crippen LogP contribution in [0.1, 0.15) is 52.6 Å². The first-order valence-electron chi connectivity index (χ1n) is 7.52. The van der Waals surface area contributed by atoms with Crippen LogP contribution in [0, 0.1) is 11.3 Å². The number of carbonyl (C=O) groups excluding carboxylic acids is 2. The summed E-state index contributed by atoms with van der Waals surface area (Å²) in [5, 5.41) is 8.84. The topological polar surface area (TPSA) is 82.0 Å². The second-order valence-electron chi connectivity index (χ2n) is 6.43. The van der Waals surface area contributed by atoms with Gasteiger partial charge in [-0.3, -0.25) is 20.4 Å². The van der Waals surface area contributed by atoms with Gasteiger partial charge in [0.1, 0.15) is 0 Å². The second kappa shape index (κ2) is 6.97. The minimum Gasteiger partial charge on any atom is -0.267 e. The molecule has 122 valence electrons. The molecule has 2 N–H and O–H groups in total. The zero-order valence-corrected chi connectivity index (χ0v) is 13.9. The van der Waals surface area contributed by atoms with Gasteiger partial charge in [0.25, 0.3) is 11.8 Å². The molecule has 0 aromatic heterocycles. The molecule has 2 rings (SSSR count). The van der Waals surface area contributed by atoms with Crippen molar-refractivity contribution >= 4 is 11.8 Å². The predicted molar refractivity (Wildman–Crippen MR) is 91.2 cm³/mol. The van der Waals surface area contributed by atoms with E-state index in [1.807, 2.05) is 18.2 Å². The maximum atomic E-state index is 12.1. The van der Waals surface area contributed by atoms with Gasteiger partial charge < -0.3 is 0 Å². The van der Waals surface area contributed by atoms with Gasteiger partial charge in [-0.15, -0.1) is 0 Å². The minimum atomic E-state index is -0.480. The first-order chi connectivity index (χ1) is 11.3. The summed E-state index contributed by atoms with van der Waals surface area (Å²) in [5.41, 5.74) is 6.98. The fraction of sp³-hybridized carbons (Fsp3) is 0.211. The number of nitrogens with zero attached hydrogens (tertiary/aromatic N) is 1. The van der Waals surface area contributed by atoms with Gasteiger partial charge in [0.2, 0.25) is 0 Å². The maximum Gasteiger partial charge on any atom is 0.269 e. The fourth-order valence-corrected chi connectivity index (χ4v) is 2.11. The van der Waals surface area contributed by atoms with Gasteiger partial charge in [-0.05, 0) is 41.3 Å². The molecule has 0 spiro atoms. The molecule has 0 fully saturated rings. The van der Waals surface area contributed by atoms with E-state index in [4.69, 9.17) is 5.26 Å². The molecule has 5 heteroatoms. The van der Waals surface area contributed by atoms with Gasteiger partial charge >= 0.3 is 0 Å². The van der Waals surface area contributed by atoms with Crippen molar-refractivity contribution in [3.8, 4) is 6.07 Å². The van der Waals surface area contributed by atoms with Crippen molar-refractivity contribution in [3.05, 3.63) is 70.8 Å². The summed E-state index contributed by atoms with van der Waals surface area (Å²) in [7, 11) is 0. The van der Waals surface area contributed by atoms with Crippen molar-refractivity contribution < 1.29 is 9.59 Å². The molecular formula is C19H19N3O2. The number of nitriles is 1. The van der Waals surface area contributed by atoms with Gasteiger partial charge in [0.05, 0.1) is 11.6 Å². The fourth-order valence-electron chi connectivity index (χ4n) is 2.11. The number of rotatable bonds is 2. The molecule has 0 saturated carbocycles. The van der Waals surface area contributed by atoms with Gasteiger partial charge in [-0.2, -0.15) is 5.26 Å². The Morgan fingerprint density at radius 1 is 0.917 bits per heavy atom. The third-order valence-corrected chi connectivity index (χ3v) is 3.56. The molecule has 5 nitrogen and oxygen atoms in total. The van der Waals surface area contributed by atoms with Crippen LogP contribution in [-0.4, -0.2) is 11.8 Å². The third kappa shape index (κ3) is 4.20. The van der Waals surface area contributed by atoms with Crippen LogP contribution >= 0.6 is 0 Å². The van der Waals surface area contributed by atoms with Gasteiger partial charge in [0.15, 0.2) is 0 Å². The van der Waals surface area contributed by atoms with Gasteiger partial charge in [-0.25, -0.2) is 0 Å². The number of hydrogen-bond donors (Lipinski definition) is 2. The van der Waals surface area contributed by atoms with Crippen molar-refractivity contribution in [2.24, 2.45) is 0 Å². The zero-order valence-electron chi connectivity index (χ0n) is 13.9. The molecule has 0 atom stereocenters. The van der Waals surface area contributed by atoms with Crippen molar-refractivity contribution in [1.29, 1.82) is 5.26 Å². The SMILES string of the molecule is CC(C)(C)c1ccc(C(=O)NNC(=O)c2cccc(C#N)c2)cc1. The van der Waals surface area contributed by atoms with Crippen LogP contribution in [0.4, 0.5) is 0 Å². The highest BCUT2D eigenvalue weighted by molar-refractivity contribution is 5.99. The molecule has 0 unspecified atom stereocenters. The van der Waals surface area contributed by atoms with E-state index in [1.165, 1.54) is 6.07 Å². The number of hydrogen-bond acceptors (Lipinski definition) is 3. The van der Waals surface area contributed by atoms with E-state index in [9.17, 15) is 9.59 Å². The number of benzene rings is 2. The molecule has 0 saturated heterocycles. The standard InChI is InChI=1S/C19H19N3O2/c1-19(2,3)16-9-7-14(8-10-16)17(23)21-22-18(24)15-6-4-5-13(11-15)12-20/h4-11H,1-3H3,(H,21,23)(H,22,24). The Morgan fingerprint density at radius 3 is 2.04 bits per heavy atom. The third-order valence-electron chi connectivity index (χ3n) is 3.56. The lowest BCUT2D eigenvalue weighted by Crippen LogP contribution is -2.41. The van der Waals surface area contributed by atoms with Crippen molar-refractivity contribution in [3.63, 3.8) is 0 Å². The molecule has 0 aliphatic rings. The Bertz CT molecular complexity index is 797. The highest BCUT2D eigenvalue weighted by atomic mass is 16.2. The number of hydrazine groups is 1. The molecule has 0 heterocycles. The van der Waals surface area contributed by atoms with Crippen molar-refractivity contribution in [2.75, 3.05) is 0 Å². The van der Waals surface area contributed by atoms with E-state index in [-0.39, 0.29) is 5.41 Å². The van der Waals surface area contributed by atoms with E-state index >= 15 is 0 Å². The first-order valence-corrected chi connectivity index (χ1v) is 7.52. The molecule has 2 amide bonds. The maximum absolute atomic E-state index is 12.1. The van der Waals surface area contributed by atoms with Crippen LogP contribution in [0.25, 0.3) is 0 Å². The average molecular weight is 321 g/mol. The first kappa shape index (κ1) is 17.2. The summed E-state index contributed by atoms with van der Waals surface area (Å²) in [4.78, 5) is 24.1. The van der Waals surface area contributed by atoms with Crippen molar-refractivity contribution in [1.82, 2.24) is 10.9 Å². The summed E-state index contributed by atoms with van der Waals surface area (Å²) in [6, 6.07) is 15.4. The smallest absolute Gasteiger partial charge is 0.267 e. The molecule has 0 radical (unpaired) electrons. The Balaban J connectivity index is 2.00. The Labute approximate surface area is 141 Å². The summed E-state index contributed by atoms with van der Waals surface area (Å²) < 4.78 is 0. The summed E-state index contributed by atoms with van der Waals surface area (Å²) in [6.07, 6.45) is 0. The van der Waals surface area contributed by atoms with Gasteiger partial charge in [0, 0.05) is 11.1 Å². The quantitative estimate of drug-likeness (QED) is 0.834. The molecule has 0 aliphatic heterocycles. The van der Waals surface area contributed by atoms with Crippen molar-refractivity contribution in [2.45, 2.75) is 26.2 Å². The average Bonchev–Trinajstić information content (AvgIpc) is 2.58. The molecule has 0 bridgehead atoms. The van der Waals surface area contributed by atoms with Crippen LogP contribution in [0.2, 0.25) is 0 Å². The molecular weight excluding hydrogens is 302 g/mol.